The summed E-state index contributed by atoms with van der Waals surface area (Å²) in [7, 11) is 0. The van der Waals surface area contributed by atoms with Gasteiger partial charge in [-0.05, 0) is 17.7 Å². The van der Waals surface area contributed by atoms with E-state index in [0.29, 0.717) is 11.1 Å². The van der Waals surface area contributed by atoms with E-state index in [1.807, 2.05) is 0 Å². The third-order valence-electron chi connectivity index (χ3n) is 1.81. The van der Waals surface area contributed by atoms with Crippen molar-refractivity contribution in [3.05, 3.63) is 35.4 Å². The van der Waals surface area contributed by atoms with Crippen molar-refractivity contribution in [2.75, 3.05) is 0 Å². The first-order valence-corrected chi connectivity index (χ1v) is 4.10. The highest BCUT2D eigenvalue weighted by atomic mass is 16.4. The SMILES string of the molecule is C#Cc1cccc(C(O)CC(=O)O)c1. The molecule has 3 nitrogen and oxygen atoms in total. The van der Waals surface area contributed by atoms with Crippen LogP contribution in [-0.4, -0.2) is 16.2 Å². The Labute approximate surface area is 82.0 Å². The molecule has 14 heavy (non-hydrogen) atoms. The highest BCUT2D eigenvalue weighted by Crippen LogP contribution is 2.17. The molecule has 1 unspecified atom stereocenters. The zero-order valence-electron chi connectivity index (χ0n) is 7.47. The van der Waals surface area contributed by atoms with Gasteiger partial charge in [-0.1, -0.05) is 18.1 Å². The second-order valence-corrected chi connectivity index (χ2v) is 2.88. The van der Waals surface area contributed by atoms with Crippen LogP contribution in [0.5, 0.6) is 0 Å². The highest BCUT2D eigenvalue weighted by molar-refractivity contribution is 5.67. The zero-order chi connectivity index (χ0) is 10.6. The Morgan fingerprint density at radius 3 is 2.86 bits per heavy atom. The molecule has 0 heterocycles. The van der Waals surface area contributed by atoms with E-state index in [9.17, 15) is 9.90 Å². The number of benzene rings is 1. The van der Waals surface area contributed by atoms with Crippen LogP contribution in [0.25, 0.3) is 0 Å². The van der Waals surface area contributed by atoms with Gasteiger partial charge in [-0.3, -0.25) is 4.79 Å². The van der Waals surface area contributed by atoms with Crippen LogP contribution in [0.2, 0.25) is 0 Å². The molecule has 2 N–H and O–H groups in total. The summed E-state index contributed by atoms with van der Waals surface area (Å²) in [5.41, 5.74) is 1.16. The van der Waals surface area contributed by atoms with Crippen LogP contribution in [0.3, 0.4) is 0 Å². The van der Waals surface area contributed by atoms with Gasteiger partial charge in [0.25, 0.3) is 0 Å². The number of aliphatic hydroxyl groups is 1. The lowest BCUT2D eigenvalue weighted by atomic mass is 10.0. The van der Waals surface area contributed by atoms with Crippen LogP contribution >= 0.6 is 0 Å². The molecule has 0 bridgehead atoms. The number of carboxylic acids is 1. The van der Waals surface area contributed by atoms with Crippen LogP contribution in [0.1, 0.15) is 23.7 Å². The summed E-state index contributed by atoms with van der Waals surface area (Å²) in [5, 5.41) is 17.9. The van der Waals surface area contributed by atoms with Gasteiger partial charge in [0.15, 0.2) is 0 Å². The first-order chi connectivity index (χ1) is 6.63. The number of hydrogen-bond acceptors (Lipinski definition) is 2. The van der Waals surface area contributed by atoms with Crippen LogP contribution in [0, 0.1) is 12.3 Å². The van der Waals surface area contributed by atoms with Crippen molar-refractivity contribution in [2.45, 2.75) is 12.5 Å². The molecule has 0 fully saturated rings. The highest BCUT2D eigenvalue weighted by Gasteiger charge is 2.11. The minimum absolute atomic E-state index is 0.311. The van der Waals surface area contributed by atoms with Crippen LogP contribution in [0.15, 0.2) is 24.3 Å². The van der Waals surface area contributed by atoms with E-state index in [1.54, 1.807) is 24.3 Å². The Hall–Kier alpha value is -1.79. The van der Waals surface area contributed by atoms with Crippen LogP contribution in [-0.2, 0) is 4.79 Å². The fraction of sp³-hybridized carbons (Fsp3) is 0.182. The summed E-state index contributed by atoms with van der Waals surface area (Å²) >= 11 is 0. The average molecular weight is 190 g/mol. The van der Waals surface area contributed by atoms with Crippen molar-refractivity contribution >= 4 is 5.97 Å². The number of aliphatic carboxylic acids is 1. The maximum absolute atomic E-state index is 10.3. The second kappa shape index (κ2) is 4.45. The van der Waals surface area contributed by atoms with E-state index in [1.165, 1.54) is 0 Å². The first kappa shape index (κ1) is 10.3. The molecule has 0 spiro atoms. The molecule has 0 radical (unpaired) electrons. The maximum Gasteiger partial charge on any atom is 0.306 e. The maximum atomic E-state index is 10.3. The number of aliphatic hydroxyl groups excluding tert-OH is 1. The Bertz CT molecular complexity index is 376. The van der Waals surface area contributed by atoms with Crippen molar-refractivity contribution < 1.29 is 15.0 Å². The van der Waals surface area contributed by atoms with Gasteiger partial charge in [0.2, 0.25) is 0 Å². The van der Waals surface area contributed by atoms with E-state index < -0.39 is 12.1 Å². The fourth-order valence-corrected chi connectivity index (χ4v) is 1.12. The zero-order valence-corrected chi connectivity index (χ0v) is 7.47. The van der Waals surface area contributed by atoms with Gasteiger partial charge in [-0.15, -0.1) is 6.42 Å². The molecule has 72 valence electrons. The summed E-state index contributed by atoms with van der Waals surface area (Å²) in [5.74, 6) is 1.38. The quantitative estimate of drug-likeness (QED) is 0.703. The van der Waals surface area contributed by atoms with Gasteiger partial charge in [0, 0.05) is 5.56 Å². The number of terminal acetylenes is 1. The molecule has 1 aromatic carbocycles. The third-order valence-corrected chi connectivity index (χ3v) is 1.81. The predicted octanol–water partition coefficient (Wildman–Crippen LogP) is 1.18. The first-order valence-electron chi connectivity index (χ1n) is 4.10. The minimum atomic E-state index is -1.04. The van der Waals surface area contributed by atoms with Gasteiger partial charge in [-0.25, -0.2) is 0 Å². The fourth-order valence-electron chi connectivity index (χ4n) is 1.12. The van der Waals surface area contributed by atoms with Crippen LogP contribution in [0.4, 0.5) is 0 Å². The molecular formula is C11H10O3. The number of carbonyl (C=O) groups is 1. The standard InChI is InChI=1S/C11H10O3/c1-2-8-4-3-5-9(6-8)10(12)7-11(13)14/h1,3-6,10,12H,7H2,(H,13,14). The summed E-state index contributed by atoms with van der Waals surface area (Å²) in [6.45, 7) is 0. The molecule has 0 aliphatic heterocycles. The topological polar surface area (TPSA) is 57.5 Å². The lowest BCUT2D eigenvalue weighted by Gasteiger charge is -2.07. The number of rotatable bonds is 3. The van der Waals surface area contributed by atoms with E-state index in [4.69, 9.17) is 11.5 Å². The lowest BCUT2D eigenvalue weighted by molar-refractivity contribution is -0.139. The van der Waals surface area contributed by atoms with E-state index in [2.05, 4.69) is 5.92 Å². The molecule has 1 atom stereocenters. The van der Waals surface area contributed by atoms with Crippen molar-refractivity contribution in [2.24, 2.45) is 0 Å². The molecule has 0 saturated carbocycles. The smallest absolute Gasteiger partial charge is 0.306 e. The second-order valence-electron chi connectivity index (χ2n) is 2.88. The molecule has 0 amide bonds. The third kappa shape index (κ3) is 2.61. The van der Waals surface area contributed by atoms with Crippen molar-refractivity contribution in [3.8, 4) is 12.3 Å². The lowest BCUT2D eigenvalue weighted by Crippen LogP contribution is -2.05. The Morgan fingerprint density at radius 2 is 2.29 bits per heavy atom. The molecule has 0 aliphatic rings. The van der Waals surface area contributed by atoms with Crippen molar-refractivity contribution in [3.63, 3.8) is 0 Å². The normalized spacial score (nSPS) is 11.7. The summed E-state index contributed by atoms with van der Waals surface area (Å²) < 4.78 is 0. The molecule has 1 aromatic rings. The van der Waals surface area contributed by atoms with Crippen LogP contribution < -0.4 is 0 Å². The van der Waals surface area contributed by atoms with Crippen molar-refractivity contribution in [1.29, 1.82) is 0 Å². The van der Waals surface area contributed by atoms with Gasteiger partial charge in [0.1, 0.15) is 0 Å². The number of carboxylic acid groups (broad SMARTS) is 1. The summed E-state index contributed by atoms with van der Waals surface area (Å²) in [4.78, 5) is 10.3. The molecule has 3 heteroatoms. The van der Waals surface area contributed by atoms with Gasteiger partial charge >= 0.3 is 5.97 Å². The number of hydrogen-bond donors (Lipinski definition) is 2. The van der Waals surface area contributed by atoms with Gasteiger partial charge in [0.05, 0.1) is 12.5 Å². The van der Waals surface area contributed by atoms with Gasteiger partial charge < -0.3 is 10.2 Å². The van der Waals surface area contributed by atoms with E-state index in [-0.39, 0.29) is 6.42 Å². The summed E-state index contributed by atoms with van der Waals surface area (Å²) in [6, 6.07) is 6.66. The molecule has 1 rings (SSSR count). The Morgan fingerprint density at radius 1 is 1.57 bits per heavy atom. The summed E-state index contributed by atoms with van der Waals surface area (Å²) in [6.07, 6.45) is 3.86. The largest absolute Gasteiger partial charge is 0.481 e. The molecule has 0 saturated heterocycles. The van der Waals surface area contributed by atoms with E-state index in [0.717, 1.165) is 0 Å². The minimum Gasteiger partial charge on any atom is -0.481 e. The molecule has 0 aliphatic carbocycles. The van der Waals surface area contributed by atoms with Crippen molar-refractivity contribution in [1.82, 2.24) is 0 Å². The average Bonchev–Trinajstić information content (AvgIpc) is 2.17. The predicted molar refractivity (Wildman–Crippen MR) is 51.6 cm³/mol. The van der Waals surface area contributed by atoms with Gasteiger partial charge in [-0.2, -0.15) is 0 Å². The van der Waals surface area contributed by atoms with E-state index >= 15 is 0 Å². The Balaban J connectivity index is 2.85. The monoisotopic (exact) mass is 190 g/mol. The molecular weight excluding hydrogens is 180 g/mol. The molecule has 0 aromatic heterocycles. The Kier molecular flexibility index (Phi) is 3.27.